The summed E-state index contributed by atoms with van der Waals surface area (Å²) in [5.74, 6) is 0.887. The molecule has 25 heavy (non-hydrogen) atoms. The van der Waals surface area contributed by atoms with Crippen LogP contribution in [0, 0.1) is 6.92 Å². The number of rotatable bonds is 5. The number of nitrogens with one attached hydrogen (secondary N) is 1. The van der Waals surface area contributed by atoms with Crippen molar-refractivity contribution in [3.63, 3.8) is 0 Å². The smallest absolute Gasteiger partial charge is 0.256 e. The van der Waals surface area contributed by atoms with Gasteiger partial charge in [0.1, 0.15) is 18.2 Å². The van der Waals surface area contributed by atoms with Gasteiger partial charge in [-0.2, -0.15) is 0 Å². The first kappa shape index (κ1) is 17.0. The van der Waals surface area contributed by atoms with Gasteiger partial charge in [0.2, 0.25) is 0 Å². The second-order valence-corrected chi connectivity index (χ2v) is 5.99. The lowest BCUT2D eigenvalue weighted by Crippen LogP contribution is -2.13. The van der Waals surface area contributed by atoms with E-state index in [1.165, 1.54) is 0 Å². The van der Waals surface area contributed by atoms with Crippen LogP contribution in [0.1, 0.15) is 21.5 Å². The molecule has 4 nitrogen and oxygen atoms in total. The first-order chi connectivity index (χ1) is 12.1. The average molecular weight is 353 g/mol. The molecule has 3 rings (SSSR count). The van der Waals surface area contributed by atoms with Crippen molar-refractivity contribution in [1.29, 1.82) is 0 Å². The van der Waals surface area contributed by atoms with Crippen LogP contribution in [0.2, 0.25) is 5.02 Å². The standard InChI is InChI=1S/C20H17ClN2O2/c1-14-9-10-22-19(11-14)23-20(24)15-6-4-7-17(12-15)25-13-16-5-2-3-8-18(16)21/h2-12H,13H2,1H3,(H,22,23,24). The molecule has 0 spiro atoms. The average Bonchev–Trinajstić information content (AvgIpc) is 2.61. The number of ether oxygens (including phenoxy) is 1. The molecule has 0 radical (unpaired) electrons. The van der Waals surface area contributed by atoms with Crippen LogP contribution < -0.4 is 10.1 Å². The molecule has 5 heteroatoms. The largest absolute Gasteiger partial charge is 0.489 e. The summed E-state index contributed by atoms with van der Waals surface area (Å²) in [6, 6.07) is 18.2. The zero-order valence-corrected chi connectivity index (χ0v) is 14.5. The van der Waals surface area contributed by atoms with Crippen LogP contribution in [0.5, 0.6) is 5.75 Å². The van der Waals surface area contributed by atoms with Crippen LogP contribution in [-0.2, 0) is 6.61 Å². The fraction of sp³-hybridized carbons (Fsp3) is 0.100. The molecule has 1 heterocycles. The molecule has 3 aromatic rings. The van der Waals surface area contributed by atoms with Gasteiger partial charge in [0.15, 0.2) is 0 Å². The number of carbonyl (C=O) groups excluding carboxylic acids is 1. The van der Waals surface area contributed by atoms with Crippen LogP contribution in [0.15, 0.2) is 66.9 Å². The fourth-order valence-electron chi connectivity index (χ4n) is 2.30. The van der Waals surface area contributed by atoms with Gasteiger partial charge in [0, 0.05) is 22.3 Å². The Hall–Kier alpha value is -2.85. The van der Waals surface area contributed by atoms with Crippen molar-refractivity contribution in [2.75, 3.05) is 5.32 Å². The molecule has 1 amide bonds. The second kappa shape index (κ2) is 7.81. The Morgan fingerprint density at radius 1 is 1.12 bits per heavy atom. The number of nitrogens with zero attached hydrogens (tertiary/aromatic N) is 1. The molecule has 2 aromatic carbocycles. The van der Waals surface area contributed by atoms with E-state index < -0.39 is 0 Å². The molecule has 0 atom stereocenters. The summed E-state index contributed by atoms with van der Waals surface area (Å²) in [6.07, 6.45) is 1.66. The van der Waals surface area contributed by atoms with E-state index in [0.29, 0.717) is 28.8 Å². The molecule has 0 unspecified atom stereocenters. The molecule has 0 aliphatic carbocycles. The second-order valence-electron chi connectivity index (χ2n) is 5.58. The highest BCUT2D eigenvalue weighted by molar-refractivity contribution is 6.31. The summed E-state index contributed by atoms with van der Waals surface area (Å²) in [4.78, 5) is 16.5. The summed E-state index contributed by atoms with van der Waals surface area (Å²) in [6.45, 7) is 2.28. The Morgan fingerprint density at radius 2 is 1.96 bits per heavy atom. The van der Waals surface area contributed by atoms with Crippen LogP contribution in [0.3, 0.4) is 0 Å². The number of halogens is 1. The number of anilines is 1. The number of hydrogen-bond donors (Lipinski definition) is 1. The van der Waals surface area contributed by atoms with Gasteiger partial charge >= 0.3 is 0 Å². The first-order valence-corrected chi connectivity index (χ1v) is 8.20. The highest BCUT2D eigenvalue weighted by Crippen LogP contribution is 2.20. The summed E-state index contributed by atoms with van der Waals surface area (Å²) in [5, 5.41) is 3.44. The minimum Gasteiger partial charge on any atom is -0.489 e. The molecule has 0 saturated carbocycles. The van der Waals surface area contributed by atoms with Gasteiger partial charge < -0.3 is 10.1 Å². The number of carbonyl (C=O) groups is 1. The predicted octanol–water partition coefficient (Wildman–Crippen LogP) is 4.87. The molecule has 0 aliphatic rings. The van der Waals surface area contributed by atoms with Crippen LogP contribution in [0.25, 0.3) is 0 Å². The Labute approximate surface area is 151 Å². The molecular weight excluding hydrogens is 336 g/mol. The molecule has 0 fully saturated rings. The summed E-state index contributed by atoms with van der Waals surface area (Å²) in [5.41, 5.74) is 2.42. The minimum absolute atomic E-state index is 0.235. The molecular formula is C20H17ClN2O2. The van der Waals surface area contributed by atoms with E-state index in [9.17, 15) is 4.79 Å². The number of hydrogen-bond acceptors (Lipinski definition) is 3. The van der Waals surface area contributed by atoms with Crippen molar-refractivity contribution in [2.45, 2.75) is 13.5 Å². The maximum absolute atomic E-state index is 12.4. The monoisotopic (exact) mass is 352 g/mol. The van der Waals surface area contributed by atoms with Gasteiger partial charge in [-0.05, 0) is 48.9 Å². The lowest BCUT2D eigenvalue weighted by Gasteiger charge is -2.09. The van der Waals surface area contributed by atoms with E-state index in [0.717, 1.165) is 11.1 Å². The Morgan fingerprint density at radius 3 is 2.76 bits per heavy atom. The van der Waals surface area contributed by atoms with Crippen molar-refractivity contribution >= 4 is 23.3 Å². The summed E-state index contributed by atoms with van der Waals surface area (Å²) in [7, 11) is 0. The maximum atomic E-state index is 12.4. The third kappa shape index (κ3) is 4.58. The Bertz CT molecular complexity index is 896. The topological polar surface area (TPSA) is 51.2 Å². The zero-order chi connectivity index (χ0) is 17.6. The minimum atomic E-state index is -0.235. The SMILES string of the molecule is Cc1ccnc(NC(=O)c2cccc(OCc3ccccc3Cl)c2)c1. The maximum Gasteiger partial charge on any atom is 0.256 e. The number of aromatic nitrogens is 1. The molecule has 126 valence electrons. The number of aryl methyl sites for hydroxylation is 1. The lowest BCUT2D eigenvalue weighted by atomic mass is 10.2. The van der Waals surface area contributed by atoms with Gasteiger partial charge in [-0.1, -0.05) is 35.9 Å². The van der Waals surface area contributed by atoms with Gasteiger partial charge in [-0.3, -0.25) is 4.79 Å². The van der Waals surface area contributed by atoms with Crippen molar-refractivity contribution in [3.05, 3.63) is 88.6 Å². The van der Waals surface area contributed by atoms with E-state index in [1.807, 2.05) is 43.3 Å². The van der Waals surface area contributed by atoms with E-state index in [4.69, 9.17) is 16.3 Å². The van der Waals surface area contributed by atoms with E-state index in [-0.39, 0.29) is 5.91 Å². The van der Waals surface area contributed by atoms with Crippen molar-refractivity contribution < 1.29 is 9.53 Å². The van der Waals surface area contributed by atoms with E-state index in [1.54, 1.807) is 30.5 Å². The van der Waals surface area contributed by atoms with E-state index >= 15 is 0 Å². The summed E-state index contributed by atoms with van der Waals surface area (Å²) >= 11 is 6.12. The fourth-order valence-corrected chi connectivity index (χ4v) is 2.49. The molecule has 0 bridgehead atoms. The first-order valence-electron chi connectivity index (χ1n) is 7.82. The van der Waals surface area contributed by atoms with Gasteiger partial charge in [-0.25, -0.2) is 4.98 Å². The Kier molecular flexibility index (Phi) is 5.31. The summed E-state index contributed by atoms with van der Waals surface area (Å²) < 4.78 is 5.75. The van der Waals surface area contributed by atoms with Crippen molar-refractivity contribution in [3.8, 4) is 5.75 Å². The third-order valence-electron chi connectivity index (χ3n) is 3.61. The molecule has 1 aromatic heterocycles. The molecule has 0 aliphatic heterocycles. The van der Waals surface area contributed by atoms with Gasteiger partial charge in [0.25, 0.3) is 5.91 Å². The zero-order valence-electron chi connectivity index (χ0n) is 13.7. The molecule has 0 saturated heterocycles. The van der Waals surface area contributed by atoms with Crippen molar-refractivity contribution in [2.24, 2.45) is 0 Å². The third-order valence-corrected chi connectivity index (χ3v) is 3.97. The van der Waals surface area contributed by atoms with E-state index in [2.05, 4.69) is 10.3 Å². The normalized spacial score (nSPS) is 10.3. The molecule has 1 N–H and O–H groups in total. The van der Waals surface area contributed by atoms with Crippen molar-refractivity contribution in [1.82, 2.24) is 4.98 Å². The number of pyridine rings is 1. The van der Waals surface area contributed by atoms with Crippen LogP contribution >= 0.6 is 11.6 Å². The predicted molar refractivity (Wildman–Crippen MR) is 99.2 cm³/mol. The highest BCUT2D eigenvalue weighted by Gasteiger charge is 2.09. The van der Waals surface area contributed by atoms with Crippen LogP contribution in [0.4, 0.5) is 5.82 Å². The Balaban J connectivity index is 1.68. The van der Waals surface area contributed by atoms with Crippen LogP contribution in [-0.4, -0.2) is 10.9 Å². The highest BCUT2D eigenvalue weighted by atomic mass is 35.5. The number of benzene rings is 2. The lowest BCUT2D eigenvalue weighted by molar-refractivity contribution is 0.102. The van der Waals surface area contributed by atoms with Gasteiger partial charge in [0.05, 0.1) is 0 Å². The number of amides is 1. The van der Waals surface area contributed by atoms with Gasteiger partial charge in [-0.15, -0.1) is 0 Å². The quantitative estimate of drug-likeness (QED) is 0.712.